The van der Waals surface area contributed by atoms with E-state index in [9.17, 15) is 4.39 Å². The third kappa shape index (κ3) is 3.89. The normalized spacial score (nSPS) is 10.2. The Hall–Kier alpha value is -2.74. The molecule has 0 radical (unpaired) electrons. The van der Waals surface area contributed by atoms with Gasteiger partial charge in [0.05, 0.1) is 6.21 Å². The van der Waals surface area contributed by atoms with E-state index in [1.165, 1.54) is 12.1 Å². The molecule has 1 N–H and O–H groups in total. The van der Waals surface area contributed by atoms with E-state index in [1.807, 2.05) is 12.1 Å². The predicted octanol–water partition coefficient (Wildman–Crippen LogP) is 2.41. The highest BCUT2D eigenvalue weighted by Crippen LogP contribution is 2.04. The number of halogens is 1. The van der Waals surface area contributed by atoms with Crippen LogP contribution in [0.3, 0.4) is 0 Å². The molecule has 0 atom stereocenters. The second kappa shape index (κ2) is 7.00. The fraction of sp³-hybridized carbons (Fsp3) is 0.133. The molecule has 2 aromatic rings. The Labute approximate surface area is 116 Å². The van der Waals surface area contributed by atoms with E-state index in [0.29, 0.717) is 12.1 Å². The van der Waals surface area contributed by atoms with Crippen molar-refractivity contribution in [3.8, 4) is 11.8 Å². The first-order valence-electron chi connectivity index (χ1n) is 6.01. The molecule has 0 aliphatic heterocycles. The summed E-state index contributed by atoms with van der Waals surface area (Å²) in [5.74, 6) is 5.28. The van der Waals surface area contributed by atoms with Gasteiger partial charge in [0.1, 0.15) is 11.4 Å². The number of oxime groups is 1. The zero-order valence-corrected chi connectivity index (χ0v) is 10.6. The van der Waals surface area contributed by atoms with Crippen LogP contribution in [0.25, 0.3) is 0 Å². The summed E-state index contributed by atoms with van der Waals surface area (Å²) in [7, 11) is 0. The predicted molar refractivity (Wildman–Crippen MR) is 73.0 cm³/mol. The van der Waals surface area contributed by atoms with Crippen LogP contribution in [0.5, 0.6) is 0 Å². The first kappa shape index (κ1) is 13.7. The van der Waals surface area contributed by atoms with Gasteiger partial charge in [-0.2, -0.15) is 0 Å². The molecule has 0 unspecified atom stereocenters. The van der Waals surface area contributed by atoms with Gasteiger partial charge < -0.3 is 5.21 Å². The molecule has 0 amide bonds. The molecule has 4 nitrogen and oxygen atoms in total. The molecule has 0 spiro atoms. The smallest absolute Gasteiger partial charge is 0.150 e. The lowest BCUT2D eigenvalue weighted by Crippen LogP contribution is -1.96. The van der Waals surface area contributed by atoms with Gasteiger partial charge in [0.15, 0.2) is 5.82 Å². The summed E-state index contributed by atoms with van der Waals surface area (Å²) in [5, 5.41) is 11.2. The summed E-state index contributed by atoms with van der Waals surface area (Å²) in [5.41, 5.74) is 1.57. The monoisotopic (exact) mass is 269 g/mol. The fourth-order valence-corrected chi connectivity index (χ4v) is 1.58. The summed E-state index contributed by atoms with van der Waals surface area (Å²) >= 11 is 0. The molecular formula is C15H12FN3O. The topological polar surface area (TPSA) is 58.4 Å². The van der Waals surface area contributed by atoms with E-state index in [4.69, 9.17) is 5.21 Å². The third-order valence-corrected chi connectivity index (χ3v) is 2.56. The van der Waals surface area contributed by atoms with Crippen molar-refractivity contribution in [1.29, 1.82) is 0 Å². The zero-order valence-electron chi connectivity index (χ0n) is 10.6. The van der Waals surface area contributed by atoms with Crippen molar-refractivity contribution in [2.45, 2.75) is 12.8 Å². The van der Waals surface area contributed by atoms with E-state index < -0.39 is 5.82 Å². The van der Waals surface area contributed by atoms with Crippen molar-refractivity contribution in [1.82, 2.24) is 9.97 Å². The van der Waals surface area contributed by atoms with Crippen molar-refractivity contribution in [3.05, 3.63) is 59.4 Å². The van der Waals surface area contributed by atoms with E-state index in [0.717, 1.165) is 18.2 Å². The van der Waals surface area contributed by atoms with Crippen LogP contribution in [0.1, 0.15) is 23.4 Å². The average Bonchev–Trinajstić information content (AvgIpc) is 2.48. The Kier molecular flexibility index (Phi) is 4.79. The molecule has 0 saturated heterocycles. The van der Waals surface area contributed by atoms with Crippen LogP contribution in [0, 0.1) is 17.7 Å². The van der Waals surface area contributed by atoms with Crippen molar-refractivity contribution in [2.24, 2.45) is 5.16 Å². The largest absolute Gasteiger partial charge is 0.411 e. The van der Waals surface area contributed by atoms with Gasteiger partial charge in [-0.15, -0.1) is 0 Å². The lowest BCUT2D eigenvalue weighted by atomic mass is 10.1. The molecule has 2 aromatic heterocycles. The molecule has 5 heteroatoms. The highest BCUT2D eigenvalue weighted by molar-refractivity contribution is 5.76. The second-order valence-electron chi connectivity index (χ2n) is 3.97. The highest BCUT2D eigenvalue weighted by Gasteiger charge is 2.01. The minimum Gasteiger partial charge on any atom is -0.411 e. The molecule has 2 heterocycles. The maximum absolute atomic E-state index is 13.2. The van der Waals surface area contributed by atoms with Crippen LogP contribution in [-0.2, 0) is 6.42 Å². The zero-order chi connectivity index (χ0) is 14.2. The van der Waals surface area contributed by atoms with Crippen LogP contribution in [-0.4, -0.2) is 21.4 Å². The summed E-state index contributed by atoms with van der Waals surface area (Å²) in [6.07, 6.45) is 5.92. The van der Waals surface area contributed by atoms with Gasteiger partial charge in [-0.05, 0) is 42.2 Å². The fourth-order valence-electron chi connectivity index (χ4n) is 1.58. The molecule has 0 aliphatic rings. The lowest BCUT2D eigenvalue weighted by molar-refractivity contribution is 0.321. The number of aryl methyl sites for hydroxylation is 1. The highest BCUT2D eigenvalue weighted by atomic mass is 19.1. The number of hydrogen-bond donors (Lipinski definition) is 1. The molecule has 0 bridgehead atoms. The Morgan fingerprint density at radius 1 is 1.25 bits per heavy atom. The molecule has 100 valence electrons. The summed E-state index contributed by atoms with van der Waals surface area (Å²) in [6, 6.07) is 6.61. The average molecular weight is 269 g/mol. The molecule has 0 fully saturated rings. The maximum atomic E-state index is 13.2. The van der Waals surface area contributed by atoms with Gasteiger partial charge in [-0.3, -0.25) is 4.98 Å². The van der Waals surface area contributed by atoms with Crippen molar-refractivity contribution >= 4 is 6.21 Å². The molecule has 0 aliphatic carbocycles. The summed E-state index contributed by atoms with van der Waals surface area (Å²) in [6.45, 7) is 0. The number of rotatable bonds is 3. The van der Waals surface area contributed by atoms with E-state index in [-0.39, 0.29) is 5.69 Å². The van der Waals surface area contributed by atoms with Crippen molar-refractivity contribution in [3.63, 3.8) is 0 Å². The van der Waals surface area contributed by atoms with Gasteiger partial charge in [0.2, 0.25) is 0 Å². The van der Waals surface area contributed by atoms with Gasteiger partial charge in [-0.25, -0.2) is 9.37 Å². The minimum atomic E-state index is -0.551. The van der Waals surface area contributed by atoms with E-state index in [2.05, 4.69) is 27.0 Å². The Morgan fingerprint density at radius 2 is 2.05 bits per heavy atom. The van der Waals surface area contributed by atoms with E-state index in [1.54, 1.807) is 12.4 Å². The molecular weight excluding hydrogens is 257 g/mol. The SMILES string of the molecule is O/N=C\c1nc(C#CCCc2ccncc2)ccc1F. The Balaban J connectivity index is 2.00. The van der Waals surface area contributed by atoms with Crippen LogP contribution < -0.4 is 0 Å². The van der Waals surface area contributed by atoms with E-state index >= 15 is 0 Å². The number of pyridine rings is 2. The molecule has 20 heavy (non-hydrogen) atoms. The Morgan fingerprint density at radius 3 is 2.80 bits per heavy atom. The summed E-state index contributed by atoms with van der Waals surface area (Å²) in [4.78, 5) is 7.88. The molecule has 2 rings (SSSR count). The first-order valence-corrected chi connectivity index (χ1v) is 6.01. The van der Waals surface area contributed by atoms with Crippen LogP contribution in [0.15, 0.2) is 41.8 Å². The lowest BCUT2D eigenvalue weighted by Gasteiger charge is -1.96. The van der Waals surface area contributed by atoms with Crippen molar-refractivity contribution < 1.29 is 9.60 Å². The second-order valence-corrected chi connectivity index (χ2v) is 3.97. The van der Waals surface area contributed by atoms with Gasteiger partial charge in [0, 0.05) is 18.8 Å². The first-order chi connectivity index (χ1) is 9.79. The van der Waals surface area contributed by atoms with Crippen LogP contribution in [0.4, 0.5) is 4.39 Å². The minimum absolute atomic E-state index is 0.0339. The third-order valence-electron chi connectivity index (χ3n) is 2.56. The number of hydrogen-bond acceptors (Lipinski definition) is 4. The maximum Gasteiger partial charge on any atom is 0.150 e. The molecule has 0 aromatic carbocycles. The number of aromatic nitrogens is 2. The van der Waals surface area contributed by atoms with Gasteiger partial charge in [0.25, 0.3) is 0 Å². The van der Waals surface area contributed by atoms with Gasteiger partial charge >= 0.3 is 0 Å². The quantitative estimate of drug-likeness (QED) is 0.403. The molecule has 0 saturated carbocycles. The standard InChI is InChI=1S/C15H12FN3O/c16-14-6-5-13(19-15(14)11-18-20)4-2-1-3-12-7-9-17-10-8-12/h5-11,20H,1,3H2/b18-11-. The Bertz CT molecular complexity index is 660. The number of nitrogens with zero attached hydrogens (tertiary/aromatic N) is 3. The van der Waals surface area contributed by atoms with Crippen molar-refractivity contribution in [2.75, 3.05) is 0 Å². The van der Waals surface area contributed by atoms with Crippen LogP contribution >= 0.6 is 0 Å². The van der Waals surface area contributed by atoms with Gasteiger partial charge in [-0.1, -0.05) is 11.1 Å². The van der Waals surface area contributed by atoms with Crippen LogP contribution in [0.2, 0.25) is 0 Å². The summed E-state index contributed by atoms with van der Waals surface area (Å²) < 4.78 is 13.2.